The van der Waals surface area contributed by atoms with Crippen molar-refractivity contribution in [1.29, 1.82) is 0 Å². The molecule has 220 valence electrons. The number of rotatable bonds is 9. The number of imidazole rings is 1. The van der Waals surface area contributed by atoms with E-state index in [0.29, 0.717) is 0 Å². The Kier molecular flexibility index (Phi) is 8.60. The lowest BCUT2D eigenvalue weighted by molar-refractivity contribution is -0.293. The molecule has 9 atom stereocenters. The van der Waals surface area contributed by atoms with Crippen LogP contribution in [0.4, 0.5) is 5.95 Å². The van der Waals surface area contributed by atoms with Crippen LogP contribution in [0.5, 0.6) is 0 Å². The highest BCUT2D eigenvalue weighted by Gasteiger charge is 2.50. The van der Waals surface area contributed by atoms with Crippen molar-refractivity contribution < 1.29 is 72.4 Å². The fraction of sp³-hybridized carbons (Fsp3) is 0.688. The van der Waals surface area contributed by atoms with Gasteiger partial charge in [-0.25, -0.2) is 14.1 Å². The fourth-order valence-electron chi connectivity index (χ4n) is 4.04. The molecule has 0 amide bonds. The van der Waals surface area contributed by atoms with Crippen LogP contribution in [0.15, 0.2) is 11.1 Å². The van der Waals surface area contributed by atoms with E-state index in [-0.39, 0.29) is 17.1 Å². The fourth-order valence-corrected chi connectivity index (χ4v) is 4.82. The largest absolute Gasteiger partial charge is 0.472 e. The molecule has 2 fully saturated rings. The summed E-state index contributed by atoms with van der Waals surface area (Å²) in [7, 11) is -10.4. The van der Waals surface area contributed by atoms with E-state index in [1.807, 2.05) is 0 Å². The summed E-state index contributed by atoms with van der Waals surface area (Å²) in [5, 5.41) is 41.9. The van der Waals surface area contributed by atoms with E-state index in [4.69, 9.17) is 29.7 Å². The van der Waals surface area contributed by atoms with E-state index in [9.17, 15) is 44.1 Å². The van der Waals surface area contributed by atoms with Crippen LogP contribution in [-0.4, -0.2) is 122 Å². The maximum Gasteiger partial charge on any atom is 0.472 e. The lowest BCUT2D eigenvalue weighted by Crippen LogP contribution is -2.60. The van der Waals surface area contributed by atoms with E-state index in [1.165, 1.54) is 0 Å². The zero-order chi connectivity index (χ0) is 28.9. The number of ether oxygens (including phenoxy) is 3. The van der Waals surface area contributed by atoms with Crippen molar-refractivity contribution in [2.75, 3.05) is 18.9 Å². The number of aliphatic hydroxyl groups is 4. The van der Waals surface area contributed by atoms with Crippen LogP contribution in [0.2, 0.25) is 0 Å². The number of hydrogen-bond donors (Lipinski definition) is 10. The highest BCUT2D eigenvalue weighted by Crippen LogP contribution is 2.42. The second-order valence-corrected chi connectivity index (χ2v) is 11.0. The molecule has 2 aromatic rings. The van der Waals surface area contributed by atoms with Gasteiger partial charge in [0.05, 0.1) is 19.5 Å². The number of aliphatic hydroxyl groups excluding tert-OH is 4. The minimum Gasteiger partial charge on any atom is -0.387 e. The lowest BCUT2D eigenvalue weighted by atomic mass is 9.99. The first-order valence-electron chi connectivity index (χ1n) is 10.9. The SMILES string of the molecule is Nc1nc2c(ncn2[C@@H]2O[C@H](CO[C@H]3[C@H](OP(=O)(O)O)O[C@H](COP(=O)(O)O)[C@@H](O)[C@@H]3O)C(O)C2O)c(=O)[nH]1. The van der Waals surface area contributed by atoms with Gasteiger partial charge < -0.3 is 59.9 Å². The summed E-state index contributed by atoms with van der Waals surface area (Å²) in [6.45, 7) is -1.69. The molecular weight excluding hydrogens is 580 g/mol. The molecule has 2 aliphatic heterocycles. The third kappa shape index (κ3) is 6.70. The molecule has 0 bridgehead atoms. The zero-order valence-electron chi connectivity index (χ0n) is 19.3. The van der Waals surface area contributed by atoms with Crippen molar-refractivity contribution in [2.45, 2.75) is 55.2 Å². The van der Waals surface area contributed by atoms with Gasteiger partial charge in [0.1, 0.15) is 42.7 Å². The first kappa shape index (κ1) is 30.1. The first-order chi connectivity index (χ1) is 18.1. The maximum absolute atomic E-state index is 12.0. The average molecular weight is 605 g/mol. The molecule has 39 heavy (non-hydrogen) atoms. The number of nitrogens with two attached hydrogens (primary N) is 1. The predicted molar refractivity (Wildman–Crippen MR) is 120 cm³/mol. The number of fused-ring (bicyclic) bond motifs is 1. The molecule has 11 N–H and O–H groups in total. The normalized spacial score (nSPS) is 34.1. The molecule has 0 aromatic carbocycles. The zero-order valence-corrected chi connectivity index (χ0v) is 21.1. The number of phosphoric acid groups is 2. The summed E-state index contributed by atoms with van der Waals surface area (Å²) >= 11 is 0. The number of anilines is 1. The Hall–Kier alpha value is -1.91. The van der Waals surface area contributed by atoms with Gasteiger partial charge in [0.25, 0.3) is 5.56 Å². The van der Waals surface area contributed by atoms with E-state index in [2.05, 4.69) is 24.0 Å². The van der Waals surface area contributed by atoms with Crippen molar-refractivity contribution in [3.63, 3.8) is 0 Å². The molecule has 2 aliphatic rings. The quantitative estimate of drug-likeness (QED) is 0.120. The summed E-state index contributed by atoms with van der Waals surface area (Å²) in [6, 6.07) is 0. The van der Waals surface area contributed by atoms with Crippen LogP contribution >= 0.6 is 15.6 Å². The molecule has 0 aliphatic carbocycles. The number of hydrogen-bond acceptors (Lipinski definition) is 15. The Morgan fingerprint density at radius 2 is 1.62 bits per heavy atom. The molecule has 2 unspecified atom stereocenters. The topological polar surface area (TPSA) is 332 Å². The van der Waals surface area contributed by atoms with E-state index in [0.717, 1.165) is 10.9 Å². The molecular formula is C16H25N5O16P2. The Balaban J connectivity index is 1.49. The van der Waals surface area contributed by atoms with Gasteiger partial charge in [0, 0.05) is 0 Å². The second-order valence-electron chi connectivity index (χ2n) is 8.53. The molecule has 2 saturated heterocycles. The van der Waals surface area contributed by atoms with Crippen LogP contribution < -0.4 is 11.3 Å². The van der Waals surface area contributed by atoms with Crippen molar-refractivity contribution in [3.8, 4) is 0 Å². The minimum atomic E-state index is -5.31. The van der Waals surface area contributed by atoms with Crippen molar-refractivity contribution in [1.82, 2.24) is 19.5 Å². The maximum atomic E-state index is 12.0. The highest BCUT2D eigenvalue weighted by molar-refractivity contribution is 7.46. The molecule has 4 rings (SSSR count). The van der Waals surface area contributed by atoms with Gasteiger partial charge in [-0.05, 0) is 0 Å². The summed E-state index contributed by atoms with van der Waals surface area (Å²) in [5.74, 6) is -0.257. The lowest BCUT2D eigenvalue weighted by Gasteiger charge is -2.42. The molecule has 23 heteroatoms. The summed E-state index contributed by atoms with van der Waals surface area (Å²) < 4.78 is 48.4. The molecule has 4 heterocycles. The minimum absolute atomic E-state index is 0.0769. The van der Waals surface area contributed by atoms with E-state index >= 15 is 0 Å². The average Bonchev–Trinajstić information content (AvgIpc) is 3.34. The smallest absolute Gasteiger partial charge is 0.387 e. The van der Waals surface area contributed by atoms with Crippen molar-refractivity contribution >= 4 is 32.8 Å². The standard InChI is InChI=1S/C16H25N5O16P2/c17-16-19-12-6(13(26)20-16)18-3-21(12)14-10(25)8(23)4(35-14)1-33-11-9(24)7(22)5(2-34-38(27,28)29)36-15(11)37-39(30,31)32/h3-5,7-11,14-15,22-25H,1-2H2,(H2,27,28,29)(H2,30,31,32)(H3,17,19,20,26)/t4-,5-,7-,8?,9+,10?,11-,14-,15+/m1/s1. The Morgan fingerprint density at radius 3 is 2.26 bits per heavy atom. The molecule has 0 saturated carbocycles. The van der Waals surface area contributed by atoms with Crippen molar-refractivity contribution in [3.05, 3.63) is 16.7 Å². The van der Waals surface area contributed by atoms with E-state index < -0.39 is 89.7 Å². The van der Waals surface area contributed by atoms with Gasteiger partial charge in [-0.15, -0.1) is 0 Å². The number of nitrogen functional groups attached to an aromatic ring is 1. The van der Waals surface area contributed by atoms with Crippen LogP contribution in [0.25, 0.3) is 11.2 Å². The summed E-state index contributed by atoms with van der Waals surface area (Å²) in [5.41, 5.74) is 4.66. The summed E-state index contributed by atoms with van der Waals surface area (Å²) in [6.07, 6.45) is -14.5. The first-order valence-corrected chi connectivity index (χ1v) is 13.9. The highest BCUT2D eigenvalue weighted by atomic mass is 31.2. The molecule has 0 spiro atoms. The van der Waals surface area contributed by atoms with Gasteiger partial charge in [-0.3, -0.25) is 23.4 Å². The van der Waals surface area contributed by atoms with E-state index in [1.54, 1.807) is 0 Å². The molecule has 2 aromatic heterocycles. The third-order valence-corrected chi connectivity index (χ3v) is 6.78. The third-order valence-electron chi connectivity index (χ3n) is 5.81. The monoisotopic (exact) mass is 605 g/mol. The Morgan fingerprint density at radius 1 is 0.974 bits per heavy atom. The van der Waals surface area contributed by atoms with Crippen molar-refractivity contribution in [2.24, 2.45) is 0 Å². The molecule has 21 nitrogen and oxygen atoms in total. The Labute approximate surface area is 216 Å². The van der Waals surface area contributed by atoms with Gasteiger partial charge in [0.15, 0.2) is 23.7 Å². The van der Waals surface area contributed by atoms with Gasteiger partial charge in [-0.1, -0.05) is 0 Å². The number of H-pyrrole nitrogens is 1. The number of aromatic amines is 1. The number of aromatic nitrogens is 4. The number of nitrogens with zero attached hydrogens (tertiary/aromatic N) is 3. The van der Waals surface area contributed by atoms with Crippen LogP contribution in [0, 0.1) is 0 Å². The number of nitrogens with one attached hydrogen (secondary N) is 1. The van der Waals surface area contributed by atoms with Crippen LogP contribution in [0.1, 0.15) is 6.23 Å². The predicted octanol–water partition coefficient (Wildman–Crippen LogP) is -4.63. The van der Waals surface area contributed by atoms with Gasteiger partial charge >= 0.3 is 15.6 Å². The second kappa shape index (κ2) is 11.2. The Bertz CT molecular complexity index is 1330. The van der Waals surface area contributed by atoms with Gasteiger partial charge in [0.2, 0.25) is 5.95 Å². The van der Waals surface area contributed by atoms with Gasteiger partial charge in [-0.2, -0.15) is 4.98 Å². The van der Waals surface area contributed by atoms with Crippen LogP contribution in [0.3, 0.4) is 0 Å². The summed E-state index contributed by atoms with van der Waals surface area (Å²) in [4.78, 5) is 58.2. The van der Waals surface area contributed by atoms with Crippen LogP contribution in [-0.2, 0) is 32.4 Å². The molecule has 0 radical (unpaired) electrons. The number of phosphoric ester groups is 2.